The molecule has 18 heavy (non-hydrogen) atoms. The summed E-state index contributed by atoms with van der Waals surface area (Å²) in [6, 6.07) is 1.92. The van der Waals surface area contributed by atoms with Gasteiger partial charge in [0.25, 0.3) is 5.95 Å². The lowest BCUT2D eigenvalue weighted by atomic mass is 10.3. The van der Waals surface area contributed by atoms with E-state index in [9.17, 15) is 9.67 Å². The molecule has 1 N–H and O–H groups in total. The maximum atomic E-state index is 12.5. The number of allylic oxidation sites excluding steroid dienone is 1. The lowest BCUT2D eigenvalue weighted by Gasteiger charge is -2.20. The van der Waals surface area contributed by atoms with Gasteiger partial charge in [-0.2, -0.15) is 5.26 Å². The van der Waals surface area contributed by atoms with Crippen molar-refractivity contribution in [3.05, 3.63) is 11.3 Å². The highest BCUT2D eigenvalue weighted by molar-refractivity contribution is 7.58. The Balaban J connectivity index is 5.30. The molecule has 6 nitrogen and oxygen atoms in total. The molecule has 0 aliphatic rings. The van der Waals surface area contributed by atoms with Gasteiger partial charge < -0.3 is 18.9 Å². The molecule has 0 aromatic carbocycles. The van der Waals surface area contributed by atoms with Crippen molar-refractivity contribution in [1.29, 1.82) is 5.26 Å². The largest absolute Gasteiger partial charge is 0.481 e. The van der Waals surface area contributed by atoms with E-state index in [2.05, 4.69) is 0 Å². The molecular weight excluding hydrogens is 257 g/mol. The molecule has 0 unspecified atom stereocenters. The lowest BCUT2D eigenvalue weighted by molar-refractivity contribution is 0.0970. The third-order valence-corrected chi connectivity index (χ3v) is 4.20. The summed E-state index contributed by atoms with van der Waals surface area (Å²) in [5.74, 6) is -0.474. The Morgan fingerprint density at radius 2 is 1.78 bits per heavy atom. The Kier molecular flexibility index (Phi) is 8.47. The van der Waals surface area contributed by atoms with E-state index in [1.54, 1.807) is 20.8 Å². The van der Waals surface area contributed by atoms with Crippen LogP contribution in [0.4, 0.5) is 0 Å². The minimum absolute atomic E-state index is 0.0228. The van der Waals surface area contributed by atoms with Gasteiger partial charge in [0.05, 0.1) is 25.9 Å². The van der Waals surface area contributed by atoms with Crippen molar-refractivity contribution >= 4 is 7.60 Å². The number of rotatable bonds is 9. The second-order valence-electron chi connectivity index (χ2n) is 3.18. The first kappa shape index (κ1) is 17.0. The topological polar surface area (TPSA) is 88.8 Å². The molecular formula is C11H20NO5P. The Morgan fingerprint density at radius 1 is 1.22 bits per heavy atom. The minimum atomic E-state index is -3.59. The SMILES string of the molecule is CCO/C(O)=C(/CCC#N)P(=O)(OCC)OCC. The molecule has 0 aromatic rings. The summed E-state index contributed by atoms with van der Waals surface area (Å²) in [4.78, 5) is 0. The predicted octanol–water partition coefficient (Wildman–Crippen LogP) is 3.32. The van der Waals surface area contributed by atoms with Gasteiger partial charge in [0, 0.05) is 12.8 Å². The summed E-state index contributed by atoms with van der Waals surface area (Å²) in [6.07, 6.45) is 0.177. The van der Waals surface area contributed by atoms with Crippen LogP contribution in [0, 0.1) is 11.3 Å². The summed E-state index contributed by atoms with van der Waals surface area (Å²) in [5, 5.41) is 18.3. The zero-order valence-corrected chi connectivity index (χ0v) is 11.9. The van der Waals surface area contributed by atoms with Crippen molar-refractivity contribution in [1.82, 2.24) is 0 Å². The van der Waals surface area contributed by atoms with E-state index in [1.165, 1.54) is 0 Å². The number of nitriles is 1. The average molecular weight is 277 g/mol. The van der Waals surface area contributed by atoms with Gasteiger partial charge in [-0.3, -0.25) is 4.57 Å². The van der Waals surface area contributed by atoms with Crippen molar-refractivity contribution in [3.63, 3.8) is 0 Å². The molecule has 0 aromatic heterocycles. The van der Waals surface area contributed by atoms with Crippen molar-refractivity contribution in [2.45, 2.75) is 33.6 Å². The van der Waals surface area contributed by atoms with E-state index in [4.69, 9.17) is 19.0 Å². The summed E-state index contributed by atoms with van der Waals surface area (Å²) in [6.45, 7) is 5.60. The van der Waals surface area contributed by atoms with Gasteiger partial charge in [-0.25, -0.2) is 0 Å². The average Bonchev–Trinajstić information content (AvgIpc) is 2.30. The summed E-state index contributed by atoms with van der Waals surface area (Å²) >= 11 is 0. The van der Waals surface area contributed by atoms with Crippen molar-refractivity contribution in [2.75, 3.05) is 19.8 Å². The quantitative estimate of drug-likeness (QED) is 0.513. The maximum Gasteiger partial charge on any atom is 0.364 e. The third kappa shape index (κ3) is 5.09. The van der Waals surface area contributed by atoms with Crippen molar-refractivity contribution in [2.24, 2.45) is 0 Å². The van der Waals surface area contributed by atoms with Crippen LogP contribution in [0.5, 0.6) is 0 Å². The second kappa shape index (κ2) is 8.98. The normalized spacial score (nSPS) is 12.8. The van der Waals surface area contributed by atoms with Crippen LogP contribution in [0.1, 0.15) is 33.6 Å². The van der Waals surface area contributed by atoms with Gasteiger partial charge in [0.15, 0.2) is 0 Å². The van der Waals surface area contributed by atoms with Crippen LogP contribution in [-0.2, 0) is 18.3 Å². The fraction of sp³-hybridized carbons (Fsp3) is 0.727. The van der Waals surface area contributed by atoms with Crippen molar-refractivity contribution < 1.29 is 23.5 Å². The molecule has 0 saturated heterocycles. The molecule has 0 bridgehead atoms. The van der Waals surface area contributed by atoms with E-state index in [1.807, 2.05) is 6.07 Å². The Labute approximate surface area is 108 Å². The molecule has 0 fully saturated rings. The number of nitrogens with zero attached hydrogens (tertiary/aromatic N) is 1. The fourth-order valence-electron chi connectivity index (χ4n) is 1.29. The van der Waals surface area contributed by atoms with Gasteiger partial charge in [-0.1, -0.05) is 0 Å². The van der Waals surface area contributed by atoms with Gasteiger partial charge >= 0.3 is 7.60 Å². The van der Waals surface area contributed by atoms with Crippen LogP contribution in [0.2, 0.25) is 0 Å². The second-order valence-corrected chi connectivity index (χ2v) is 5.23. The molecule has 0 atom stereocenters. The van der Waals surface area contributed by atoms with Crippen LogP contribution < -0.4 is 0 Å². The first-order chi connectivity index (χ1) is 8.55. The van der Waals surface area contributed by atoms with E-state index >= 15 is 0 Å². The molecule has 0 spiro atoms. The first-order valence-corrected chi connectivity index (χ1v) is 7.41. The summed E-state index contributed by atoms with van der Waals surface area (Å²) in [5.41, 5.74) is 0. The number of aliphatic hydroxyl groups is 1. The highest BCUT2D eigenvalue weighted by Gasteiger charge is 2.33. The highest BCUT2D eigenvalue weighted by atomic mass is 31.2. The fourth-order valence-corrected chi connectivity index (χ4v) is 3.04. The Morgan fingerprint density at radius 3 is 2.17 bits per heavy atom. The molecule has 0 saturated carbocycles. The number of hydrogen-bond acceptors (Lipinski definition) is 6. The third-order valence-electron chi connectivity index (χ3n) is 1.93. The van der Waals surface area contributed by atoms with Gasteiger partial charge in [0.2, 0.25) is 0 Å². The molecule has 0 aliphatic carbocycles. The van der Waals surface area contributed by atoms with E-state index in [0.717, 1.165) is 0 Å². The number of aliphatic hydroxyl groups excluding tert-OH is 1. The Hall–Kier alpha value is -1.02. The number of ether oxygens (including phenoxy) is 1. The first-order valence-electron chi connectivity index (χ1n) is 5.87. The standard InChI is InChI=1S/C11H20NO5P/c1-4-15-11(13)10(8-7-9-12)18(14,16-5-2)17-6-3/h13H,4-8H2,1-3H3/b11-10-. The van der Waals surface area contributed by atoms with Crippen LogP contribution in [0.3, 0.4) is 0 Å². The summed E-state index contributed by atoms with van der Waals surface area (Å²) < 4.78 is 27.7. The summed E-state index contributed by atoms with van der Waals surface area (Å²) in [7, 11) is -3.59. The minimum Gasteiger partial charge on any atom is -0.481 e. The van der Waals surface area contributed by atoms with E-state index in [0.29, 0.717) is 0 Å². The van der Waals surface area contributed by atoms with Crippen molar-refractivity contribution in [3.8, 4) is 6.07 Å². The molecule has 0 radical (unpaired) electrons. The lowest BCUT2D eigenvalue weighted by Crippen LogP contribution is -2.04. The Bertz CT molecular complexity index is 351. The molecule has 104 valence electrons. The zero-order valence-electron chi connectivity index (χ0n) is 11.0. The monoisotopic (exact) mass is 277 g/mol. The maximum absolute atomic E-state index is 12.5. The van der Waals surface area contributed by atoms with Crippen LogP contribution in [-0.4, -0.2) is 24.9 Å². The van der Waals surface area contributed by atoms with E-state index < -0.39 is 13.5 Å². The molecule has 0 rings (SSSR count). The smallest absolute Gasteiger partial charge is 0.364 e. The molecule has 0 aliphatic heterocycles. The van der Waals surface area contributed by atoms with Crippen LogP contribution in [0.25, 0.3) is 0 Å². The molecule has 0 amide bonds. The highest BCUT2D eigenvalue weighted by Crippen LogP contribution is 2.58. The van der Waals surface area contributed by atoms with E-state index in [-0.39, 0.29) is 38.0 Å². The zero-order chi connectivity index (χ0) is 14.0. The van der Waals surface area contributed by atoms with Gasteiger partial charge in [0.1, 0.15) is 5.31 Å². The van der Waals surface area contributed by atoms with Gasteiger partial charge in [-0.15, -0.1) is 0 Å². The molecule has 7 heteroatoms. The van der Waals surface area contributed by atoms with Crippen LogP contribution >= 0.6 is 7.60 Å². The molecule has 0 heterocycles. The number of hydrogen-bond donors (Lipinski definition) is 1. The van der Waals surface area contributed by atoms with Crippen LogP contribution in [0.15, 0.2) is 11.3 Å². The van der Waals surface area contributed by atoms with Gasteiger partial charge in [-0.05, 0) is 20.8 Å². The predicted molar refractivity (Wildman–Crippen MR) is 67.0 cm³/mol.